The number of unbranched alkanes of at least 4 members (excludes halogenated alkanes) is 3. The van der Waals surface area contributed by atoms with Crippen LogP contribution in [0, 0.1) is 0 Å². The third-order valence-electron chi connectivity index (χ3n) is 3.05. The average Bonchev–Trinajstić information content (AvgIpc) is 3.18. The topological polar surface area (TPSA) is 78.9 Å². The monoisotopic (exact) mass is 462 g/mol. The van der Waals surface area contributed by atoms with E-state index < -0.39 is 11.9 Å². The molecule has 2 aromatic rings. The zero-order valence-corrected chi connectivity index (χ0v) is 15.9. The minimum absolute atomic E-state index is 0.179. The highest BCUT2D eigenvalue weighted by atomic mass is 79.9. The Labute approximate surface area is 155 Å². The molecule has 0 aromatic carbocycles. The van der Waals surface area contributed by atoms with Crippen molar-refractivity contribution in [3.05, 3.63) is 45.1 Å². The Hall–Kier alpha value is -1.54. The van der Waals surface area contributed by atoms with E-state index >= 15 is 0 Å². The fourth-order valence-corrected chi connectivity index (χ4v) is 2.49. The fraction of sp³-hybridized carbons (Fsp3) is 0.375. The van der Waals surface area contributed by atoms with Gasteiger partial charge in [0.25, 0.3) is 0 Å². The van der Waals surface area contributed by atoms with Crippen molar-refractivity contribution in [2.75, 3.05) is 13.2 Å². The number of hydrogen-bond donors (Lipinski definition) is 0. The van der Waals surface area contributed by atoms with Crippen molar-refractivity contribution in [1.82, 2.24) is 0 Å². The van der Waals surface area contributed by atoms with Gasteiger partial charge < -0.3 is 18.3 Å². The molecule has 0 aliphatic heterocycles. The molecule has 0 atom stereocenters. The molecular formula is C16H16Br2O6. The molecule has 0 aliphatic carbocycles. The maximum Gasteiger partial charge on any atom is 0.374 e. The minimum atomic E-state index is -0.473. The van der Waals surface area contributed by atoms with Crippen LogP contribution in [0.3, 0.4) is 0 Å². The highest BCUT2D eigenvalue weighted by Gasteiger charge is 2.12. The van der Waals surface area contributed by atoms with Crippen molar-refractivity contribution in [3.63, 3.8) is 0 Å². The summed E-state index contributed by atoms with van der Waals surface area (Å²) in [5, 5.41) is 0. The first-order chi connectivity index (χ1) is 11.6. The van der Waals surface area contributed by atoms with E-state index in [1.807, 2.05) is 0 Å². The Morgan fingerprint density at radius 1 is 0.750 bits per heavy atom. The Balaban J connectivity index is 1.48. The summed E-state index contributed by atoms with van der Waals surface area (Å²) in [4.78, 5) is 23.2. The van der Waals surface area contributed by atoms with Gasteiger partial charge in [0.1, 0.15) is 0 Å². The zero-order valence-electron chi connectivity index (χ0n) is 12.8. The first-order valence-electron chi connectivity index (χ1n) is 7.41. The molecular weight excluding hydrogens is 448 g/mol. The van der Waals surface area contributed by atoms with Gasteiger partial charge in [-0.15, -0.1) is 0 Å². The van der Waals surface area contributed by atoms with E-state index in [2.05, 4.69) is 31.9 Å². The highest BCUT2D eigenvalue weighted by Crippen LogP contribution is 2.16. The molecule has 0 aliphatic rings. The predicted molar refractivity (Wildman–Crippen MR) is 91.8 cm³/mol. The van der Waals surface area contributed by atoms with Crippen LogP contribution in [0.25, 0.3) is 0 Å². The summed E-state index contributed by atoms with van der Waals surface area (Å²) in [6, 6.07) is 6.38. The van der Waals surface area contributed by atoms with Gasteiger partial charge in [-0.05, 0) is 81.8 Å². The van der Waals surface area contributed by atoms with Gasteiger partial charge in [-0.2, -0.15) is 0 Å². The molecule has 0 amide bonds. The van der Waals surface area contributed by atoms with Crippen LogP contribution < -0.4 is 0 Å². The molecule has 0 bridgehead atoms. The number of rotatable bonds is 9. The summed E-state index contributed by atoms with van der Waals surface area (Å²) in [6.45, 7) is 0.661. The lowest BCUT2D eigenvalue weighted by Crippen LogP contribution is -2.06. The Morgan fingerprint density at radius 3 is 1.50 bits per heavy atom. The van der Waals surface area contributed by atoms with Crippen LogP contribution in [0.1, 0.15) is 46.8 Å². The van der Waals surface area contributed by atoms with Crippen LogP contribution in [0.15, 0.2) is 42.4 Å². The van der Waals surface area contributed by atoms with E-state index in [0.29, 0.717) is 22.6 Å². The first-order valence-corrected chi connectivity index (χ1v) is 9.00. The maximum atomic E-state index is 11.6. The van der Waals surface area contributed by atoms with Gasteiger partial charge in [-0.3, -0.25) is 0 Å². The van der Waals surface area contributed by atoms with Gasteiger partial charge >= 0.3 is 11.9 Å². The van der Waals surface area contributed by atoms with Crippen LogP contribution >= 0.6 is 31.9 Å². The SMILES string of the molecule is O=C(OCCCCCCOC(=O)c1ccc(Br)o1)c1ccc(Br)o1. The van der Waals surface area contributed by atoms with Crippen molar-refractivity contribution in [3.8, 4) is 0 Å². The zero-order chi connectivity index (χ0) is 17.4. The molecule has 6 nitrogen and oxygen atoms in total. The standard InChI is InChI=1S/C16H16Br2O6/c17-13-7-5-11(23-13)15(19)21-9-3-1-2-4-10-22-16(20)12-6-8-14(18)24-12/h5-8H,1-4,9-10H2. The second kappa shape index (κ2) is 9.68. The first kappa shape index (κ1) is 18.8. The molecule has 0 saturated heterocycles. The molecule has 2 aromatic heterocycles. The predicted octanol–water partition coefficient (Wildman–Crippen LogP) is 4.97. The average molecular weight is 464 g/mol. The van der Waals surface area contributed by atoms with E-state index in [-0.39, 0.29) is 11.5 Å². The van der Waals surface area contributed by atoms with Crippen molar-refractivity contribution in [2.45, 2.75) is 25.7 Å². The second-order valence-electron chi connectivity index (χ2n) is 4.89. The third-order valence-corrected chi connectivity index (χ3v) is 3.91. The summed E-state index contributed by atoms with van der Waals surface area (Å²) in [6.07, 6.45) is 3.23. The van der Waals surface area contributed by atoms with Crippen LogP contribution in [0.4, 0.5) is 0 Å². The van der Waals surface area contributed by atoms with Crippen molar-refractivity contribution >= 4 is 43.8 Å². The van der Waals surface area contributed by atoms with Crippen molar-refractivity contribution in [1.29, 1.82) is 0 Å². The lowest BCUT2D eigenvalue weighted by molar-refractivity contribution is 0.0437. The van der Waals surface area contributed by atoms with Crippen LogP contribution in [-0.4, -0.2) is 25.2 Å². The summed E-state index contributed by atoms with van der Waals surface area (Å²) >= 11 is 6.25. The lowest BCUT2D eigenvalue weighted by atomic mass is 10.2. The van der Waals surface area contributed by atoms with Gasteiger partial charge in [0.15, 0.2) is 9.34 Å². The molecule has 0 spiro atoms. The lowest BCUT2D eigenvalue weighted by Gasteiger charge is -2.04. The van der Waals surface area contributed by atoms with E-state index in [1.165, 1.54) is 0 Å². The van der Waals surface area contributed by atoms with E-state index in [9.17, 15) is 9.59 Å². The fourth-order valence-electron chi connectivity index (χ4n) is 1.88. The quantitative estimate of drug-likeness (QED) is 0.385. The highest BCUT2D eigenvalue weighted by molar-refractivity contribution is 9.10. The van der Waals surface area contributed by atoms with Gasteiger partial charge in [-0.1, -0.05) is 0 Å². The molecule has 24 heavy (non-hydrogen) atoms. The van der Waals surface area contributed by atoms with E-state index in [1.54, 1.807) is 24.3 Å². The van der Waals surface area contributed by atoms with Gasteiger partial charge in [0.05, 0.1) is 13.2 Å². The van der Waals surface area contributed by atoms with Crippen molar-refractivity contribution < 1.29 is 27.9 Å². The Kier molecular flexibility index (Phi) is 7.58. The van der Waals surface area contributed by atoms with Gasteiger partial charge in [-0.25, -0.2) is 9.59 Å². The van der Waals surface area contributed by atoms with Crippen LogP contribution in [-0.2, 0) is 9.47 Å². The Bertz CT molecular complexity index is 617. The molecule has 0 N–H and O–H groups in total. The summed E-state index contributed by atoms with van der Waals surface area (Å²) < 4.78 is 21.4. The smallest absolute Gasteiger partial charge is 0.374 e. The molecule has 130 valence electrons. The molecule has 0 fully saturated rings. The third kappa shape index (κ3) is 6.16. The summed E-state index contributed by atoms with van der Waals surface area (Å²) in [5.41, 5.74) is 0. The number of furan rings is 2. The number of ether oxygens (including phenoxy) is 2. The largest absolute Gasteiger partial charge is 0.460 e. The Morgan fingerprint density at radius 2 is 1.17 bits per heavy atom. The maximum absolute atomic E-state index is 11.6. The normalized spacial score (nSPS) is 10.6. The molecule has 2 heterocycles. The number of carbonyl (C=O) groups is 2. The molecule has 8 heteroatoms. The van der Waals surface area contributed by atoms with Crippen LogP contribution in [0.5, 0.6) is 0 Å². The minimum Gasteiger partial charge on any atom is -0.460 e. The summed E-state index contributed by atoms with van der Waals surface area (Å²) in [7, 11) is 0. The molecule has 2 rings (SSSR count). The van der Waals surface area contributed by atoms with Crippen LogP contribution in [0.2, 0.25) is 0 Å². The molecule has 0 saturated carbocycles. The van der Waals surface area contributed by atoms with Gasteiger partial charge in [0.2, 0.25) is 11.5 Å². The van der Waals surface area contributed by atoms with Crippen molar-refractivity contribution in [2.24, 2.45) is 0 Å². The molecule has 0 radical (unpaired) electrons. The van der Waals surface area contributed by atoms with Gasteiger partial charge in [0, 0.05) is 0 Å². The number of esters is 2. The van der Waals surface area contributed by atoms with E-state index in [4.69, 9.17) is 18.3 Å². The second-order valence-corrected chi connectivity index (χ2v) is 6.46. The molecule has 0 unspecified atom stereocenters. The van der Waals surface area contributed by atoms with E-state index in [0.717, 1.165) is 25.7 Å². The summed E-state index contributed by atoms with van der Waals surface area (Å²) in [5.74, 6) is -0.588. The number of hydrogen-bond acceptors (Lipinski definition) is 6. The number of halogens is 2. The number of carbonyl (C=O) groups excluding carboxylic acids is 2.